The summed E-state index contributed by atoms with van der Waals surface area (Å²) in [4.78, 5) is 11.3. The number of aliphatic hydroxyl groups is 5. The van der Waals surface area contributed by atoms with Gasteiger partial charge in [-0.15, -0.1) is 0 Å². The van der Waals surface area contributed by atoms with Gasteiger partial charge < -0.3 is 30.3 Å². The largest absolute Gasteiger partial charge is 0.387 e. The molecule has 1 saturated heterocycles. The third-order valence-corrected chi connectivity index (χ3v) is 2.28. The van der Waals surface area contributed by atoms with E-state index in [2.05, 4.69) is 4.74 Å². The molecule has 7 heteroatoms. The van der Waals surface area contributed by atoms with Crippen molar-refractivity contribution in [1.29, 1.82) is 0 Å². The van der Waals surface area contributed by atoms with Gasteiger partial charge in [-0.1, -0.05) is 0 Å². The molecule has 15 heavy (non-hydrogen) atoms. The molecule has 5 N–H and O–H groups in total. The van der Waals surface area contributed by atoms with Crippen molar-refractivity contribution in [3.05, 3.63) is 0 Å². The van der Waals surface area contributed by atoms with Crippen LogP contribution in [-0.4, -0.2) is 68.1 Å². The molecular formula is C8H14O7. The Kier molecular flexibility index (Phi) is 3.77. The van der Waals surface area contributed by atoms with E-state index in [1.807, 2.05) is 0 Å². The zero-order chi connectivity index (χ0) is 11.7. The third-order valence-electron chi connectivity index (χ3n) is 2.28. The number of rotatable bonds is 2. The molecule has 0 aliphatic carbocycles. The monoisotopic (exact) mass is 222 g/mol. The molecule has 1 rings (SSSR count). The number of carbonyl (C=O) groups is 1. The first-order chi connectivity index (χ1) is 6.86. The predicted molar refractivity (Wildman–Crippen MR) is 45.6 cm³/mol. The highest BCUT2D eigenvalue weighted by Crippen LogP contribution is 2.21. The number of carbonyl (C=O) groups excluding carboxylic acids is 1. The average Bonchev–Trinajstić information content (AvgIpc) is 2.19. The normalized spacial score (nSPS) is 43.7. The number of aliphatic hydroxyl groups excluding tert-OH is 5. The van der Waals surface area contributed by atoms with E-state index >= 15 is 0 Å². The van der Waals surface area contributed by atoms with Gasteiger partial charge in [-0.05, 0) is 6.92 Å². The summed E-state index contributed by atoms with van der Waals surface area (Å²) in [6.07, 6.45) is -9.75. The molecule has 0 aromatic heterocycles. The van der Waals surface area contributed by atoms with Crippen molar-refractivity contribution in [3.8, 4) is 0 Å². The van der Waals surface area contributed by atoms with Crippen molar-refractivity contribution in [3.63, 3.8) is 0 Å². The minimum Gasteiger partial charge on any atom is -0.387 e. The standard InChI is InChI=1S/C8H14O7/c1-2(9)3(10)7-5(12)4(11)6(13)8(14)15-7/h2,4-9,11-14H,1H3/t2?,4-,5-,6+,7+,8+/m0/s1. The van der Waals surface area contributed by atoms with Gasteiger partial charge in [-0.25, -0.2) is 0 Å². The molecule has 1 aliphatic rings. The molecule has 1 heterocycles. The van der Waals surface area contributed by atoms with Gasteiger partial charge in [0.1, 0.15) is 24.4 Å². The second-order valence-corrected chi connectivity index (χ2v) is 3.50. The van der Waals surface area contributed by atoms with Gasteiger partial charge in [0.2, 0.25) is 0 Å². The summed E-state index contributed by atoms with van der Waals surface area (Å²) in [5, 5.41) is 45.8. The highest BCUT2D eigenvalue weighted by atomic mass is 16.6. The molecule has 0 aromatic carbocycles. The lowest BCUT2D eigenvalue weighted by Gasteiger charge is -2.37. The van der Waals surface area contributed by atoms with E-state index in [1.54, 1.807) is 0 Å². The highest BCUT2D eigenvalue weighted by Gasteiger charge is 2.46. The van der Waals surface area contributed by atoms with Gasteiger partial charge >= 0.3 is 0 Å². The molecule has 0 saturated carbocycles. The van der Waals surface area contributed by atoms with Crippen LogP contribution in [0.4, 0.5) is 0 Å². The molecule has 1 aliphatic heterocycles. The summed E-state index contributed by atoms with van der Waals surface area (Å²) in [5.41, 5.74) is 0. The van der Waals surface area contributed by atoms with Crippen LogP contribution < -0.4 is 0 Å². The second-order valence-electron chi connectivity index (χ2n) is 3.50. The van der Waals surface area contributed by atoms with Crippen molar-refractivity contribution in [2.24, 2.45) is 0 Å². The minimum absolute atomic E-state index is 0.868. The fourth-order valence-electron chi connectivity index (χ4n) is 1.33. The zero-order valence-corrected chi connectivity index (χ0v) is 8.02. The Labute approximate surface area is 85.5 Å². The van der Waals surface area contributed by atoms with Gasteiger partial charge in [-0.3, -0.25) is 4.79 Å². The Bertz CT molecular complexity index is 241. The molecule has 6 atom stereocenters. The molecule has 1 fully saturated rings. The van der Waals surface area contributed by atoms with Crippen molar-refractivity contribution in [2.45, 2.75) is 43.7 Å². The van der Waals surface area contributed by atoms with Gasteiger partial charge in [0.25, 0.3) is 0 Å². The maximum atomic E-state index is 11.3. The fraction of sp³-hybridized carbons (Fsp3) is 0.875. The molecule has 0 amide bonds. The molecule has 0 radical (unpaired) electrons. The van der Waals surface area contributed by atoms with Crippen molar-refractivity contribution < 1.29 is 35.1 Å². The van der Waals surface area contributed by atoms with Crippen LogP contribution >= 0.6 is 0 Å². The second kappa shape index (κ2) is 4.52. The van der Waals surface area contributed by atoms with E-state index in [-0.39, 0.29) is 0 Å². The quantitative estimate of drug-likeness (QED) is 0.332. The van der Waals surface area contributed by atoms with E-state index < -0.39 is 42.6 Å². The lowest BCUT2D eigenvalue weighted by atomic mass is 9.94. The van der Waals surface area contributed by atoms with Crippen molar-refractivity contribution in [1.82, 2.24) is 0 Å². The summed E-state index contributed by atoms with van der Waals surface area (Å²) in [7, 11) is 0. The summed E-state index contributed by atoms with van der Waals surface area (Å²) < 4.78 is 4.59. The number of hydrogen-bond donors (Lipinski definition) is 5. The molecule has 7 nitrogen and oxygen atoms in total. The first kappa shape index (κ1) is 12.5. The Morgan fingerprint density at radius 2 is 1.67 bits per heavy atom. The van der Waals surface area contributed by atoms with Crippen molar-refractivity contribution >= 4 is 5.78 Å². The SMILES string of the molecule is CC(O)C(=O)[C@H]1O[C@@H](O)[C@H](O)[C@@H](O)[C@@H]1O. The van der Waals surface area contributed by atoms with Gasteiger partial charge in [0.15, 0.2) is 18.2 Å². The summed E-state index contributed by atoms with van der Waals surface area (Å²) in [6, 6.07) is 0. The molecular weight excluding hydrogens is 208 g/mol. The van der Waals surface area contributed by atoms with E-state index in [4.69, 9.17) is 15.3 Å². The van der Waals surface area contributed by atoms with Crippen LogP contribution in [0, 0.1) is 0 Å². The minimum atomic E-state index is -1.77. The third kappa shape index (κ3) is 2.33. The maximum absolute atomic E-state index is 11.3. The lowest BCUT2D eigenvalue weighted by molar-refractivity contribution is -0.276. The number of Topliss-reactive ketones (excluding diaryl/α,β-unsaturated/α-hetero) is 1. The Morgan fingerprint density at radius 3 is 2.13 bits per heavy atom. The van der Waals surface area contributed by atoms with Gasteiger partial charge in [0.05, 0.1) is 0 Å². The van der Waals surface area contributed by atoms with Crippen LogP contribution in [0.25, 0.3) is 0 Å². The Morgan fingerprint density at radius 1 is 1.13 bits per heavy atom. The summed E-state index contributed by atoms with van der Waals surface area (Å²) in [6.45, 7) is 1.17. The highest BCUT2D eigenvalue weighted by molar-refractivity contribution is 5.87. The topological polar surface area (TPSA) is 127 Å². The van der Waals surface area contributed by atoms with Crippen LogP contribution in [0.15, 0.2) is 0 Å². The smallest absolute Gasteiger partial charge is 0.192 e. The molecule has 88 valence electrons. The lowest BCUT2D eigenvalue weighted by Crippen LogP contribution is -2.60. The van der Waals surface area contributed by atoms with Gasteiger partial charge in [-0.2, -0.15) is 0 Å². The van der Waals surface area contributed by atoms with Crippen LogP contribution in [0.2, 0.25) is 0 Å². The van der Waals surface area contributed by atoms with Crippen molar-refractivity contribution in [2.75, 3.05) is 0 Å². The van der Waals surface area contributed by atoms with E-state index in [0.717, 1.165) is 0 Å². The molecule has 0 bridgehead atoms. The average molecular weight is 222 g/mol. The van der Waals surface area contributed by atoms with Crippen LogP contribution in [-0.2, 0) is 9.53 Å². The van der Waals surface area contributed by atoms with E-state index in [0.29, 0.717) is 0 Å². The van der Waals surface area contributed by atoms with Gasteiger partial charge in [0, 0.05) is 0 Å². The Balaban J connectivity index is 2.79. The molecule has 1 unspecified atom stereocenters. The maximum Gasteiger partial charge on any atom is 0.192 e. The van der Waals surface area contributed by atoms with Crippen LogP contribution in [0.3, 0.4) is 0 Å². The number of hydrogen-bond acceptors (Lipinski definition) is 7. The van der Waals surface area contributed by atoms with Crippen LogP contribution in [0.1, 0.15) is 6.92 Å². The summed E-state index contributed by atoms with van der Waals surface area (Å²) in [5.74, 6) is -0.868. The van der Waals surface area contributed by atoms with E-state index in [1.165, 1.54) is 6.92 Å². The molecule has 0 aromatic rings. The fourth-order valence-corrected chi connectivity index (χ4v) is 1.33. The number of ketones is 1. The first-order valence-corrected chi connectivity index (χ1v) is 4.45. The predicted octanol–water partition coefficient (Wildman–Crippen LogP) is -3.26. The Hall–Kier alpha value is -0.570. The van der Waals surface area contributed by atoms with Crippen LogP contribution in [0.5, 0.6) is 0 Å². The summed E-state index contributed by atoms with van der Waals surface area (Å²) >= 11 is 0. The van der Waals surface area contributed by atoms with E-state index in [9.17, 15) is 15.0 Å². The molecule has 0 spiro atoms. The zero-order valence-electron chi connectivity index (χ0n) is 8.02. The number of ether oxygens (including phenoxy) is 1. The first-order valence-electron chi connectivity index (χ1n) is 4.45.